The van der Waals surface area contributed by atoms with Crippen LogP contribution in [0.15, 0.2) is 60.8 Å². The van der Waals surface area contributed by atoms with E-state index in [9.17, 15) is 18.7 Å². The molecule has 0 spiro atoms. The topological polar surface area (TPSA) is 100 Å². The van der Waals surface area contributed by atoms with Gasteiger partial charge in [0, 0.05) is 17.1 Å². The van der Waals surface area contributed by atoms with Crippen molar-refractivity contribution in [1.29, 1.82) is 0 Å². The quantitative estimate of drug-likeness (QED) is 0.259. The van der Waals surface area contributed by atoms with Gasteiger partial charge < -0.3 is 25.9 Å². The van der Waals surface area contributed by atoms with E-state index in [2.05, 4.69) is 10.3 Å². The summed E-state index contributed by atoms with van der Waals surface area (Å²) in [6, 6.07) is 13.3. The summed E-state index contributed by atoms with van der Waals surface area (Å²) < 4.78 is 33.1. The molecule has 1 heterocycles. The van der Waals surface area contributed by atoms with Gasteiger partial charge >= 0.3 is 0 Å². The van der Waals surface area contributed by atoms with Gasteiger partial charge in [0.05, 0.1) is 30.5 Å². The molecule has 0 aliphatic rings. The van der Waals surface area contributed by atoms with E-state index >= 15 is 0 Å². The highest BCUT2D eigenvalue weighted by Crippen LogP contribution is 2.29. The Labute approximate surface area is 201 Å². The minimum Gasteiger partial charge on any atom is -0.493 e. The van der Waals surface area contributed by atoms with Crippen LogP contribution in [-0.2, 0) is 6.42 Å². The van der Waals surface area contributed by atoms with Gasteiger partial charge in [-0.2, -0.15) is 0 Å². The number of hydrogen-bond donors (Lipinski definition) is 4. The Bertz CT molecular complexity index is 1350. The van der Waals surface area contributed by atoms with E-state index in [0.717, 1.165) is 17.5 Å². The number of aliphatic hydroxyl groups is 1. The van der Waals surface area contributed by atoms with Crippen LogP contribution in [0.5, 0.6) is 5.75 Å². The Morgan fingerprint density at radius 1 is 1.11 bits per heavy atom. The summed E-state index contributed by atoms with van der Waals surface area (Å²) in [7, 11) is 0. The minimum atomic E-state index is -0.617. The molecule has 0 aliphatic carbocycles. The fraction of sp³-hybridized carbons (Fsp3) is 0.222. The zero-order valence-electron chi connectivity index (χ0n) is 19.3. The van der Waals surface area contributed by atoms with Crippen LogP contribution < -0.4 is 15.8 Å². The Kier molecular flexibility index (Phi) is 7.31. The highest BCUT2D eigenvalue weighted by atomic mass is 19.1. The Hall–Kier alpha value is -3.91. The van der Waals surface area contributed by atoms with Crippen molar-refractivity contribution in [2.45, 2.75) is 25.8 Å². The molecule has 0 fully saturated rings. The predicted molar refractivity (Wildman–Crippen MR) is 132 cm³/mol. The third-order valence-corrected chi connectivity index (χ3v) is 5.77. The van der Waals surface area contributed by atoms with Gasteiger partial charge in [0.2, 0.25) is 0 Å². The van der Waals surface area contributed by atoms with Crippen molar-refractivity contribution in [1.82, 2.24) is 10.3 Å². The highest BCUT2D eigenvalue weighted by Gasteiger charge is 2.20. The molecular weight excluding hydrogens is 452 g/mol. The van der Waals surface area contributed by atoms with Crippen molar-refractivity contribution in [3.63, 3.8) is 0 Å². The van der Waals surface area contributed by atoms with E-state index in [1.165, 1.54) is 24.3 Å². The molecule has 0 saturated heterocycles. The number of fused-ring (bicyclic) bond motifs is 1. The third-order valence-electron chi connectivity index (χ3n) is 5.77. The number of aromatic nitrogens is 1. The van der Waals surface area contributed by atoms with Gasteiger partial charge in [-0.1, -0.05) is 19.1 Å². The van der Waals surface area contributed by atoms with Crippen LogP contribution in [0.25, 0.3) is 22.0 Å². The zero-order chi connectivity index (χ0) is 24.9. The number of carbonyl (C=O) groups is 1. The van der Waals surface area contributed by atoms with Crippen LogP contribution in [0.4, 0.5) is 14.5 Å². The summed E-state index contributed by atoms with van der Waals surface area (Å²) >= 11 is 0. The van der Waals surface area contributed by atoms with Crippen molar-refractivity contribution < 1.29 is 23.4 Å². The molecule has 0 saturated carbocycles. The number of aliphatic hydroxyl groups excluding tert-OH is 1. The third kappa shape index (κ3) is 5.44. The molecule has 35 heavy (non-hydrogen) atoms. The van der Waals surface area contributed by atoms with E-state index < -0.39 is 17.8 Å². The first-order valence-electron chi connectivity index (χ1n) is 11.4. The average molecular weight is 480 g/mol. The van der Waals surface area contributed by atoms with Gasteiger partial charge in [0.1, 0.15) is 17.4 Å². The van der Waals surface area contributed by atoms with Crippen LogP contribution in [-0.4, -0.2) is 35.3 Å². The molecule has 0 radical (unpaired) electrons. The highest BCUT2D eigenvalue weighted by molar-refractivity contribution is 5.98. The number of anilines is 1. The Morgan fingerprint density at radius 3 is 2.63 bits per heavy atom. The molecule has 5 N–H and O–H groups in total. The molecule has 1 atom stereocenters. The predicted octanol–water partition coefficient (Wildman–Crippen LogP) is 4.82. The fourth-order valence-corrected chi connectivity index (χ4v) is 3.96. The molecule has 8 heteroatoms. The Balaban J connectivity index is 1.61. The summed E-state index contributed by atoms with van der Waals surface area (Å²) in [5.74, 6) is -0.913. The number of amides is 1. The van der Waals surface area contributed by atoms with Crippen LogP contribution in [0.3, 0.4) is 0 Å². The summed E-state index contributed by atoms with van der Waals surface area (Å²) in [5, 5.41) is 13.5. The molecule has 6 nitrogen and oxygen atoms in total. The molecule has 0 aliphatic heterocycles. The SMILES string of the molecule is CCCOc1ccc(-c2ccc(F)c(N)c2)cc1C(=O)NC(CO)Cc1c[nH]c2ccc(F)cc12. The molecule has 3 aromatic carbocycles. The first-order valence-corrected chi connectivity index (χ1v) is 11.4. The molecule has 4 rings (SSSR count). The second-order valence-electron chi connectivity index (χ2n) is 8.36. The maximum absolute atomic E-state index is 13.7. The van der Waals surface area contributed by atoms with Gasteiger partial charge in [-0.05, 0) is 72.0 Å². The lowest BCUT2D eigenvalue weighted by Gasteiger charge is -2.18. The number of rotatable bonds is 9. The van der Waals surface area contributed by atoms with Crippen LogP contribution >= 0.6 is 0 Å². The number of hydrogen-bond acceptors (Lipinski definition) is 4. The second kappa shape index (κ2) is 10.6. The molecule has 0 bridgehead atoms. The molecule has 1 amide bonds. The molecular formula is C27H27F2N3O3. The fourth-order valence-electron chi connectivity index (χ4n) is 3.96. The van der Waals surface area contributed by atoms with Crippen molar-refractivity contribution >= 4 is 22.5 Å². The summed E-state index contributed by atoms with van der Waals surface area (Å²) in [6.07, 6.45) is 2.80. The van der Waals surface area contributed by atoms with Gasteiger partial charge in [-0.25, -0.2) is 8.78 Å². The summed E-state index contributed by atoms with van der Waals surface area (Å²) in [6.45, 7) is 2.07. The number of nitrogens with two attached hydrogens (primary N) is 1. The lowest BCUT2D eigenvalue weighted by atomic mass is 10.0. The van der Waals surface area contributed by atoms with Crippen molar-refractivity contribution in [2.75, 3.05) is 18.9 Å². The normalized spacial score (nSPS) is 12.0. The summed E-state index contributed by atoms with van der Waals surface area (Å²) in [5.41, 5.74) is 8.87. The van der Waals surface area contributed by atoms with E-state index in [1.54, 1.807) is 36.5 Å². The molecule has 182 valence electrons. The first kappa shape index (κ1) is 24.2. The van der Waals surface area contributed by atoms with Crippen LogP contribution in [0.1, 0.15) is 29.3 Å². The maximum atomic E-state index is 13.7. The van der Waals surface area contributed by atoms with Gasteiger partial charge in [-0.3, -0.25) is 4.79 Å². The monoisotopic (exact) mass is 479 g/mol. The van der Waals surface area contributed by atoms with E-state index in [0.29, 0.717) is 35.3 Å². The number of nitrogens with one attached hydrogen (secondary N) is 2. The smallest absolute Gasteiger partial charge is 0.255 e. The standard InChI is InChI=1S/C27H27F2N3O3/c1-2-9-35-26-8-4-16(17-3-6-23(29)24(30)12-17)11-22(26)27(34)32-20(15-33)10-18-14-31-25-7-5-19(28)13-21(18)25/h3-8,11-14,20,31,33H,2,9-10,15,30H2,1H3,(H,32,34). The van der Waals surface area contributed by atoms with Crippen molar-refractivity contribution in [3.8, 4) is 16.9 Å². The lowest BCUT2D eigenvalue weighted by Crippen LogP contribution is -2.39. The van der Waals surface area contributed by atoms with E-state index in [1.807, 2.05) is 6.92 Å². The number of aromatic amines is 1. The maximum Gasteiger partial charge on any atom is 0.255 e. The molecule has 1 aromatic heterocycles. The number of carbonyl (C=O) groups excluding carboxylic acids is 1. The van der Waals surface area contributed by atoms with Crippen LogP contribution in [0, 0.1) is 11.6 Å². The summed E-state index contributed by atoms with van der Waals surface area (Å²) in [4.78, 5) is 16.4. The van der Waals surface area contributed by atoms with E-state index in [-0.39, 0.29) is 23.7 Å². The molecule has 1 unspecified atom stereocenters. The van der Waals surface area contributed by atoms with Crippen molar-refractivity contribution in [3.05, 3.63) is 83.6 Å². The number of benzene rings is 3. The van der Waals surface area contributed by atoms with Gasteiger partial charge in [-0.15, -0.1) is 0 Å². The first-order chi connectivity index (χ1) is 16.9. The van der Waals surface area contributed by atoms with Crippen LogP contribution in [0.2, 0.25) is 0 Å². The van der Waals surface area contributed by atoms with E-state index in [4.69, 9.17) is 10.5 Å². The second-order valence-corrected chi connectivity index (χ2v) is 8.36. The number of ether oxygens (including phenoxy) is 1. The minimum absolute atomic E-state index is 0.00956. The lowest BCUT2D eigenvalue weighted by molar-refractivity contribution is 0.0912. The number of nitrogen functional groups attached to an aromatic ring is 1. The number of halogens is 2. The zero-order valence-corrected chi connectivity index (χ0v) is 19.3. The van der Waals surface area contributed by atoms with Gasteiger partial charge in [0.15, 0.2) is 0 Å². The van der Waals surface area contributed by atoms with Crippen molar-refractivity contribution in [2.24, 2.45) is 0 Å². The largest absolute Gasteiger partial charge is 0.493 e. The molecule has 4 aromatic rings. The average Bonchev–Trinajstić information content (AvgIpc) is 3.25. The number of H-pyrrole nitrogens is 1. The Morgan fingerprint density at radius 2 is 1.89 bits per heavy atom. The van der Waals surface area contributed by atoms with Gasteiger partial charge in [0.25, 0.3) is 5.91 Å².